The van der Waals surface area contributed by atoms with Crippen molar-refractivity contribution in [2.75, 3.05) is 13.2 Å². The van der Waals surface area contributed by atoms with Crippen molar-refractivity contribution < 1.29 is 19.1 Å². The van der Waals surface area contributed by atoms with Gasteiger partial charge in [-0.25, -0.2) is 9.59 Å². The van der Waals surface area contributed by atoms with Crippen molar-refractivity contribution >= 4 is 17.9 Å². The molecule has 1 aliphatic heterocycles. The highest BCUT2D eigenvalue weighted by Gasteiger charge is 2.28. The van der Waals surface area contributed by atoms with Gasteiger partial charge in [-0.3, -0.25) is 9.69 Å². The lowest BCUT2D eigenvalue weighted by atomic mass is 9.90. The van der Waals surface area contributed by atoms with E-state index in [9.17, 15) is 14.4 Å². The minimum absolute atomic E-state index is 0.0460. The van der Waals surface area contributed by atoms with E-state index in [4.69, 9.17) is 4.74 Å². The Morgan fingerprint density at radius 2 is 1.83 bits per heavy atom. The van der Waals surface area contributed by atoms with Gasteiger partial charge in [0.05, 0.1) is 25.3 Å². The average Bonchev–Trinajstić information content (AvgIpc) is 2.93. The smallest absolute Gasteiger partial charge is 0.338 e. The zero-order valence-electron chi connectivity index (χ0n) is 13.6. The number of amides is 3. The fourth-order valence-electron chi connectivity index (χ4n) is 3.17. The third kappa shape index (κ3) is 3.93. The average molecular weight is 330 g/mol. The molecule has 6 nitrogen and oxygen atoms in total. The molecule has 0 atom stereocenters. The van der Waals surface area contributed by atoms with Crippen LogP contribution in [0.3, 0.4) is 0 Å². The number of ether oxygens (including phenoxy) is 1. The number of urea groups is 1. The number of carbonyl (C=O) groups is 3. The standard InChI is InChI=1S/C18H22N2O4/c21-16-10-19-18(23)20(16)11-13-6-8-15(9-7-13)17(22)24-12-14-4-2-1-3-5-14/h6-9,14H,1-5,10-12H2,(H,19,23). The van der Waals surface area contributed by atoms with Gasteiger partial charge in [0.1, 0.15) is 0 Å². The Labute approximate surface area is 141 Å². The molecule has 1 aromatic carbocycles. The molecule has 24 heavy (non-hydrogen) atoms. The van der Waals surface area contributed by atoms with Crippen molar-refractivity contribution in [2.45, 2.75) is 38.6 Å². The summed E-state index contributed by atoms with van der Waals surface area (Å²) in [7, 11) is 0. The lowest BCUT2D eigenvalue weighted by Gasteiger charge is -2.21. The van der Waals surface area contributed by atoms with Crippen LogP contribution < -0.4 is 5.32 Å². The Hall–Kier alpha value is -2.37. The monoisotopic (exact) mass is 330 g/mol. The number of esters is 1. The number of hydrogen-bond donors (Lipinski definition) is 1. The molecule has 2 fully saturated rings. The Bertz CT molecular complexity index is 604. The van der Waals surface area contributed by atoms with Gasteiger partial charge in [-0.15, -0.1) is 0 Å². The van der Waals surface area contributed by atoms with Gasteiger partial charge in [-0.1, -0.05) is 31.4 Å². The Balaban J connectivity index is 1.52. The van der Waals surface area contributed by atoms with Gasteiger partial charge in [-0.2, -0.15) is 0 Å². The number of nitrogens with one attached hydrogen (secondary N) is 1. The van der Waals surface area contributed by atoms with Crippen LogP contribution in [0.2, 0.25) is 0 Å². The third-order valence-corrected chi connectivity index (χ3v) is 4.64. The second kappa shape index (κ2) is 7.47. The molecule has 6 heteroatoms. The highest BCUT2D eigenvalue weighted by atomic mass is 16.5. The summed E-state index contributed by atoms with van der Waals surface area (Å²) in [5, 5.41) is 2.48. The number of benzene rings is 1. The van der Waals surface area contributed by atoms with Crippen molar-refractivity contribution in [1.29, 1.82) is 0 Å². The highest BCUT2D eigenvalue weighted by Crippen LogP contribution is 2.24. The summed E-state index contributed by atoms with van der Waals surface area (Å²) in [6, 6.07) is 6.47. The molecule has 1 aliphatic carbocycles. The zero-order valence-corrected chi connectivity index (χ0v) is 13.6. The second-order valence-corrected chi connectivity index (χ2v) is 6.44. The number of nitrogens with zero attached hydrogens (tertiary/aromatic N) is 1. The van der Waals surface area contributed by atoms with E-state index in [-0.39, 0.29) is 31.0 Å². The molecular weight excluding hydrogens is 308 g/mol. The molecule has 3 rings (SSSR count). The Morgan fingerprint density at radius 3 is 2.46 bits per heavy atom. The van der Waals surface area contributed by atoms with Crippen molar-refractivity contribution in [1.82, 2.24) is 10.2 Å². The first-order valence-corrected chi connectivity index (χ1v) is 8.48. The van der Waals surface area contributed by atoms with Crippen molar-refractivity contribution in [3.63, 3.8) is 0 Å². The molecular formula is C18H22N2O4. The van der Waals surface area contributed by atoms with Gasteiger partial charge < -0.3 is 10.1 Å². The first kappa shape index (κ1) is 16.5. The maximum Gasteiger partial charge on any atom is 0.338 e. The first-order chi connectivity index (χ1) is 11.6. The molecule has 1 N–H and O–H groups in total. The van der Waals surface area contributed by atoms with E-state index in [0.717, 1.165) is 23.3 Å². The van der Waals surface area contributed by atoms with Gasteiger partial charge in [0.15, 0.2) is 0 Å². The van der Waals surface area contributed by atoms with E-state index >= 15 is 0 Å². The van der Waals surface area contributed by atoms with Gasteiger partial charge in [0, 0.05) is 0 Å². The minimum atomic E-state index is -0.379. The molecule has 0 unspecified atom stereocenters. The van der Waals surface area contributed by atoms with Crippen molar-refractivity contribution in [2.24, 2.45) is 5.92 Å². The third-order valence-electron chi connectivity index (χ3n) is 4.64. The van der Waals surface area contributed by atoms with Crippen LogP contribution in [0.25, 0.3) is 0 Å². The molecule has 1 aromatic rings. The van der Waals surface area contributed by atoms with E-state index in [1.165, 1.54) is 19.3 Å². The Morgan fingerprint density at radius 1 is 1.12 bits per heavy atom. The number of hydrogen-bond acceptors (Lipinski definition) is 4. The fraction of sp³-hybridized carbons (Fsp3) is 0.500. The predicted molar refractivity (Wildman–Crippen MR) is 87.2 cm³/mol. The Kier molecular flexibility index (Phi) is 5.13. The summed E-state index contributed by atoms with van der Waals surface area (Å²) in [5.74, 6) is -0.0697. The number of imide groups is 1. The molecule has 0 radical (unpaired) electrons. The second-order valence-electron chi connectivity index (χ2n) is 6.44. The topological polar surface area (TPSA) is 75.7 Å². The fourth-order valence-corrected chi connectivity index (χ4v) is 3.17. The van der Waals surface area contributed by atoms with Crippen molar-refractivity contribution in [3.8, 4) is 0 Å². The maximum absolute atomic E-state index is 12.1. The number of rotatable bonds is 5. The predicted octanol–water partition coefficient (Wildman–Crippen LogP) is 2.48. The highest BCUT2D eigenvalue weighted by molar-refractivity contribution is 6.01. The molecule has 0 spiro atoms. The summed E-state index contributed by atoms with van der Waals surface area (Å²) >= 11 is 0. The summed E-state index contributed by atoms with van der Waals surface area (Å²) in [5.41, 5.74) is 1.29. The quantitative estimate of drug-likeness (QED) is 0.665. The SMILES string of the molecule is O=C(OCC1CCCCC1)c1ccc(CN2C(=O)CNC2=O)cc1. The normalized spacial score (nSPS) is 18.6. The van der Waals surface area contributed by atoms with Crippen LogP contribution in [0.5, 0.6) is 0 Å². The minimum Gasteiger partial charge on any atom is -0.462 e. The molecule has 1 saturated carbocycles. The van der Waals surface area contributed by atoms with Crippen LogP contribution in [0.1, 0.15) is 48.0 Å². The molecule has 0 aromatic heterocycles. The largest absolute Gasteiger partial charge is 0.462 e. The van der Waals surface area contributed by atoms with Crippen LogP contribution in [0, 0.1) is 5.92 Å². The van der Waals surface area contributed by atoms with Crippen LogP contribution in [0.4, 0.5) is 4.79 Å². The molecule has 3 amide bonds. The molecule has 1 saturated heterocycles. The van der Waals surface area contributed by atoms with Crippen LogP contribution in [0.15, 0.2) is 24.3 Å². The lowest BCUT2D eigenvalue weighted by molar-refractivity contribution is -0.125. The van der Waals surface area contributed by atoms with E-state index in [1.807, 2.05) is 0 Å². The first-order valence-electron chi connectivity index (χ1n) is 8.48. The van der Waals surface area contributed by atoms with E-state index in [2.05, 4.69) is 5.32 Å². The van der Waals surface area contributed by atoms with Crippen LogP contribution in [-0.4, -0.2) is 36.0 Å². The number of carbonyl (C=O) groups excluding carboxylic acids is 3. The molecule has 1 heterocycles. The van der Waals surface area contributed by atoms with Crippen LogP contribution >= 0.6 is 0 Å². The molecule has 0 bridgehead atoms. The van der Waals surface area contributed by atoms with E-state index in [1.54, 1.807) is 24.3 Å². The van der Waals surface area contributed by atoms with Gasteiger partial charge in [0.25, 0.3) is 0 Å². The summed E-state index contributed by atoms with van der Waals surface area (Å²) in [6.07, 6.45) is 6.00. The zero-order chi connectivity index (χ0) is 16.9. The lowest BCUT2D eigenvalue weighted by Crippen LogP contribution is -2.30. The molecule has 128 valence electrons. The van der Waals surface area contributed by atoms with Gasteiger partial charge in [0.2, 0.25) is 5.91 Å². The van der Waals surface area contributed by atoms with Gasteiger partial charge in [-0.05, 0) is 36.5 Å². The van der Waals surface area contributed by atoms with Crippen molar-refractivity contribution in [3.05, 3.63) is 35.4 Å². The van der Waals surface area contributed by atoms with E-state index in [0.29, 0.717) is 18.1 Å². The summed E-state index contributed by atoms with van der Waals surface area (Å²) in [6.45, 7) is 0.746. The maximum atomic E-state index is 12.1. The summed E-state index contributed by atoms with van der Waals surface area (Å²) in [4.78, 5) is 36.3. The van der Waals surface area contributed by atoms with E-state index < -0.39 is 0 Å². The molecule has 2 aliphatic rings. The van der Waals surface area contributed by atoms with Crippen LogP contribution in [-0.2, 0) is 16.1 Å². The summed E-state index contributed by atoms with van der Waals surface area (Å²) < 4.78 is 5.41. The van der Waals surface area contributed by atoms with Gasteiger partial charge >= 0.3 is 12.0 Å².